The zero-order valence-electron chi connectivity index (χ0n) is 14.1. The lowest BCUT2D eigenvalue weighted by Crippen LogP contribution is -2.33. The Morgan fingerprint density at radius 3 is 2.14 bits per heavy atom. The maximum absolute atomic E-state index is 5.74. The van der Waals surface area contributed by atoms with Crippen LogP contribution in [0.4, 0.5) is 0 Å². The van der Waals surface area contributed by atoms with Crippen LogP contribution in [0.2, 0.25) is 0 Å². The molecule has 0 heterocycles. The average Bonchev–Trinajstić information content (AvgIpc) is 2.54. The molecule has 0 amide bonds. The van der Waals surface area contributed by atoms with Crippen molar-refractivity contribution in [1.82, 2.24) is 5.32 Å². The van der Waals surface area contributed by atoms with E-state index in [1.807, 2.05) is 14.2 Å². The van der Waals surface area contributed by atoms with Crippen LogP contribution in [0, 0.1) is 0 Å². The lowest BCUT2D eigenvalue weighted by atomic mass is 9.96. The molecular weight excluding hydrogens is 258 g/mol. The third-order valence-corrected chi connectivity index (χ3v) is 4.24. The topological polar surface area (TPSA) is 21.3 Å². The smallest absolute Gasteiger partial charge is 0.0973 e. The summed E-state index contributed by atoms with van der Waals surface area (Å²) in [5.74, 6) is 0. The summed E-state index contributed by atoms with van der Waals surface area (Å²) >= 11 is 0. The van der Waals surface area contributed by atoms with Crippen molar-refractivity contribution in [3.8, 4) is 0 Å². The van der Waals surface area contributed by atoms with E-state index in [0.717, 1.165) is 0 Å². The van der Waals surface area contributed by atoms with Crippen LogP contribution in [0.1, 0.15) is 70.0 Å². The summed E-state index contributed by atoms with van der Waals surface area (Å²) in [6, 6.07) is 10.9. The van der Waals surface area contributed by atoms with E-state index in [9.17, 15) is 0 Å². The fourth-order valence-corrected chi connectivity index (χ4v) is 2.94. The quantitative estimate of drug-likeness (QED) is 0.541. The number of hydrogen-bond donors (Lipinski definition) is 1. The molecular formula is C19H33NO. The van der Waals surface area contributed by atoms with Crippen LogP contribution >= 0.6 is 0 Å². The van der Waals surface area contributed by atoms with E-state index in [1.165, 1.54) is 56.9 Å². The molecule has 2 unspecified atom stereocenters. The largest absolute Gasteiger partial charge is 0.375 e. The van der Waals surface area contributed by atoms with Crippen molar-refractivity contribution in [1.29, 1.82) is 0 Å². The number of nitrogens with one attached hydrogen (secondary N) is 1. The van der Waals surface area contributed by atoms with Gasteiger partial charge in [0.25, 0.3) is 0 Å². The molecule has 0 aliphatic heterocycles. The van der Waals surface area contributed by atoms with Gasteiger partial charge in [-0.05, 0) is 19.0 Å². The molecule has 1 N–H and O–H groups in total. The molecule has 0 bridgehead atoms. The fourth-order valence-electron chi connectivity index (χ4n) is 2.94. The second-order valence-corrected chi connectivity index (χ2v) is 5.87. The van der Waals surface area contributed by atoms with Crippen molar-refractivity contribution in [2.45, 2.75) is 70.4 Å². The number of benzene rings is 1. The molecule has 0 aliphatic rings. The molecule has 2 heteroatoms. The van der Waals surface area contributed by atoms with E-state index >= 15 is 0 Å². The van der Waals surface area contributed by atoms with Crippen LogP contribution in [0.3, 0.4) is 0 Å². The van der Waals surface area contributed by atoms with Crippen molar-refractivity contribution >= 4 is 0 Å². The van der Waals surface area contributed by atoms with Gasteiger partial charge in [0.15, 0.2) is 0 Å². The summed E-state index contributed by atoms with van der Waals surface area (Å²) < 4.78 is 5.74. The second kappa shape index (κ2) is 11.8. The summed E-state index contributed by atoms with van der Waals surface area (Å²) in [4.78, 5) is 0. The minimum Gasteiger partial charge on any atom is -0.375 e. The minimum atomic E-state index is 0.149. The van der Waals surface area contributed by atoms with E-state index in [0.29, 0.717) is 6.04 Å². The molecule has 0 aromatic heterocycles. The molecule has 0 radical (unpaired) electrons. The summed E-state index contributed by atoms with van der Waals surface area (Å²) in [5, 5.41) is 3.44. The van der Waals surface area contributed by atoms with E-state index in [2.05, 4.69) is 42.6 Å². The lowest BCUT2D eigenvalue weighted by Gasteiger charge is -2.26. The Labute approximate surface area is 131 Å². The van der Waals surface area contributed by atoms with E-state index in [1.54, 1.807) is 0 Å². The Bertz CT molecular complexity index is 339. The fraction of sp³-hybridized carbons (Fsp3) is 0.684. The summed E-state index contributed by atoms with van der Waals surface area (Å²) in [5.41, 5.74) is 1.27. The Balaban J connectivity index is 2.32. The van der Waals surface area contributed by atoms with Crippen molar-refractivity contribution in [2.24, 2.45) is 0 Å². The minimum absolute atomic E-state index is 0.149. The molecule has 0 saturated carbocycles. The predicted octanol–water partition coefficient (Wildman–Crippen LogP) is 5.10. The average molecular weight is 291 g/mol. The number of unbranched alkanes of at least 4 members (excludes halogenated alkanes) is 6. The molecule has 0 aliphatic carbocycles. The maximum Gasteiger partial charge on any atom is 0.0973 e. The highest BCUT2D eigenvalue weighted by Crippen LogP contribution is 2.24. The van der Waals surface area contributed by atoms with Crippen LogP contribution in [-0.2, 0) is 4.74 Å². The summed E-state index contributed by atoms with van der Waals surface area (Å²) in [6.07, 6.45) is 10.8. The van der Waals surface area contributed by atoms with Gasteiger partial charge in [0.1, 0.15) is 0 Å². The van der Waals surface area contributed by atoms with Crippen molar-refractivity contribution in [3.63, 3.8) is 0 Å². The summed E-state index contributed by atoms with van der Waals surface area (Å²) in [6.45, 7) is 2.27. The first-order valence-corrected chi connectivity index (χ1v) is 8.58. The Hall–Kier alpha value is -0.860. The van der Waals surface area contributed by atoms with Crippen molar-refractivity contribution < 1.29 is 4.74 Å². The van der Waals surface area contributed by atoms with Gasteiger partial charge < -0.3 is 10.1 Å². The van der Waals surface area contributed by atoms with Gasteiger partial charge in [0.2, 0.25) is 0 Å². The van der Waals surface area contributed by atoms with Crippen molar-refractivity contribution in [3.05, 3.63) is 35.9 Å². The molecule has 2 atom stereocenters. The van der Waals surface area contributed by atoms with Gasteiger partial charge in [0, 0.05) is 13.2 Å². The van der Waals surface area contributed by atoms with E-state index < -0.39 is 0 Å². The van der Waals surface area contributed by atoms with Gasteiger partial charge in [-0.15, -0.1) is 0 Å². The van der Waals surface area contributed by atoms with E-state index in [4.69, 9.17) is 4.74 Å². The molecule has 0 spiro atoms. The van der Waals surface area contributed by atoms with Gasteiger partial charge in [-0.1, -0.05) is 82.2 Å². The Morgan fingerprint density at radius 2 is 1.57 bits per heavy atom. The highest BCUT2D eigenvalue weighted by atomic mass is 16.5. The number of rotatable bonds is 12. The second-order valence-electron chi connectivity index (χ2n) is 5.87. The third-order valence-electron chi connectivity index (χ3n) is 4.24. The highest BCUT2D eigenvalue weighted by Gasteiger charge is 2.20. The number of methoxy groups -OCH3 is 1. The highest BCUT2D eigenvalue weighted by molar-refractivity contribution is 5.19. The molecule has 1 aromatic rings. The predicted molar refractivity (Wildman–Crippen MR) is 91.6 cm³/mol. The van der Waals surface area contributed by atoms with Crippen LogP contribution in [0.25, 0.3) is 0 Å². The van der Waals surface area contributed by atoms with Gasteiger partial charge in [-0.3, -0.25) is 0 Å². The SMILES string of the molecule is CCCCCCCCCC(NC)C(OC)c1ccccc1. The Kier molecular flexibility index (Phi) is 10.2. The van der Waals surface area contributed by atoms with Crippen LogP contribution in [0.15, 0.2) is 30.3 Å². The third kappa shape index (κ3) is 7.10. The van der Waals surface area contributed by atoms with Gasteiger partial charge >= 0.3 is 0 Å². The van der Waals surface area contributed by atoms with Crippen LogP contribution in [-0.4, -0.2) is 20.2 Å². The van der Waals surface area contributed by atoms with E-state index in [-0.39, 0.29) is 6.10 Å². The molecule has 1 aromatic carbocycles. The first kappa shape index (κ1) is 18.2. The molecule has 2 nitrogen and oxygen atoms in total. The first-order chi connectivity index (χ1) is 10.3. The zero-order valence-corrected chi connectivity index (χ0v) is 14.1. The first-order valence-electron chi connectivity index (χ1n) is 8.58. The van der Waals surface area contributed by atoms with Gasteiger partial charge in [0.05, 0.1) is 6.10 Å². The van der Waals surface area contributed by atoms with Crippen LogP contribution in [0.5, 0.6) is 0 Å². The molecule has 0 fully saturated rings. The standard InChI is InChI=1S/C19H33NO/c1-4-5-6-7-8-9-13-16-18(20-2)19(21-3)17-14-11-10-12-15-17/h10-12,14-15,18-20H,4-9,13,16H2,1-3H3. The number of ether oxygens (including phenoxy) is 1. The Morgan fingerprint density at radius 1 is 0.952 bits per heavy atom. The van der Waals surface area contributed by atoms with Crippen LogP contribution < -0.4 is 5.32 Å². The number of likely N-dealkylation sites (N-methyl/N-ethyl adjacent to an activating group) is 1. The lowest BCUT2D eigenvalue weighted by molar-refractivity contribution is 0.0666. The molecule has 0 saturated heterocycles. The monoisotopic (exact) mass is 291 g/mol. The molecule has 120 valence electrons. The maximum atomic E-state index is 5.74. The van der Waals surface area contributed by atoms with Gasteiger partial charge in [-0.25, -0.2) is 0 Å². The van der Waals surface area contributed by atoms with Crippen molar-refractivity contribution in [2.75, 3.05) is 14.2 Å². The van der Waals surface area contributed by atoms with Gasteiger partial charge in [-0.2, -0.15) is 0 Å². The zero-order chi connectivity index (χ0) is 15.3. The number of hydrogen-bond acceptors (Lipinski definition) is 2. The summed E-state index contributed by atoms with van der Waals surface area (Å²) in [7, 11) is 3.85. The molecule has 1 rings (SSSR count). The molecule has 21 heavy (non-hydrogen) atoms. The normalized spacial score (nSPS) is 14.0.